The monoisotopic (exact) mass is 354 g/mol. The average Bonchev–Trinajstić information content (AvgIpc) is 3.23. The van der Waals surface area contributed by atoms with E-state index >= 15 is 0 Å². The Kier molecular flexibility index (Phi) is 4.62. The zero-order valence-electron chi connectivity index (χ0n) is 13.1. The van der Waals surface area contributed by atoms with E-state index in [1.54, 1.807) is 11.3 Å². The molecule has 1 fully saturated rings. The van der Waals surface area contributed by atoms with Crippen LogP contribution >= 0.6 is 11.3 Å². The second kappa shape index (κ2) is 6.55. The van der Waals surface area contributed by atoms with Crippen LogP contribution in [-0.4, -0.2) is 17.4 Å². The summed E-state index contributed by atoms with van der Waals surface area (Å²) in [7, 11) is 0. The summed E-state index contributed by atoms with van der Waals surface area (Å²) in [6, 6.07) is 5.10. The molecular weight excluding hydrogens is 337 g/mol. The van der Waals surface area contributed by atoms with Gasteiger partial charge in [-0.2, -0.15) is 13.2 Å². The lowest BCUT2D eigenvalue weighted by Gasteiger charge is -2.07. The number of hydrogen-bond acceptors (Lipinski definition) is 3. The molecule has 1 N–H and O–H groups in total. The molecule has 1 heterocycles. The van der Waals surface area contributed by atoms with Gasteiger partial charge in [0, 0.05) is 24.3 Å². The Bertz CT molecular complexity index is 724. The molecule has 3 rings (SSSR count). The molecule has 0 spiro atoms. The maximum atomic E-state index is 12.6. The molecule has 0 saturated heterocycles. The first-order chi connectivity index (χ1) is 11.3. The number of thiazole rings is 1. The van der Waals surface area contributed by atoms with Gasteiger partial charge in [0.1, 0.15) is 0 Å². The summed E-state index contributed by atoms with van der Waals surface area (Å²) in [6.45, 7) is 2.46. The van der Waals surface area contributed by atoms with E-state index in [-0.39, 0.29) is 17.7 Å². The van der Waals surface area contributed by atoms with Crippen LogP contribution in [0.3, 0.4) is 0 Å². The number of hydrogen-bond donors (Lipinski definition) is 1. The molecule has 1 aliphatic rings. The first-order valence-electron chi connectivity index (χ1n) is 7.70. The van der Waals surface area contributed by atoms with Gasteiger partial charge >= 0.3 is 6.18 Å². The molecule has 1 aromatic carbocycles. The third-order valence-electron chi connectivity index (χ3n) is 4.14. The minimum absolute atomic E-state index is 0.0220. The van der Waals surface area contributed by atoms with E-state index in [9.17, 15) is 18.0 Å². The molecule has 2 atom stereocenters. The number of nitrogens with zero attached hydrogens (tertiary/aromatic N) is 1. The number of alkyl halides is 3. The first kappa shape index (κ1) is 17.0. The van der Waals surface area contributed by atoms with Crippen LogP contribution in [0, 0.1) is 12.8 Å². The zero-order valence-corrected chi connectivity index (χ0v) is 13.9. The van der Waals surface area contributed by atoms with E-state index in [1.165, 1.54) is 12.1 Å². The SMILES string of the molecule is Cc1nc(CCNC(=O)C2CC2c2ccc(C(F)(F)F)cc2)cs1. The van der Waals surface area contributed by atoms with Crippen molar-refractivity contribution in [2.45, 2.75) is 31.9 Å². The molecule has 128 valence electrons. The van der Waals surface area contributed by atoms with E-state index in [0.717, 1.165) is 28.4 Å². The number of rotatable bonds is 5. The highest BCUT2D eigenvalue weighted by Gasteiger charge is 2.44. The standard InChI is InChI=1S/C17H17F3N2OS/c1-10-22-13(9-24-10)6-7-21-16(23)15-8-14(15)11-2-4-12(5-3-11)17(18,19)20/h2-5,9,14-15H,6-8H2,1H3,(H,21,23). The number of aryl methyl sites for hydroxylation is 1. The van der Waals surface area contributed by atoms with Crippen molar-refractivity contribution in [3.63, 3.8) is 0 Å². The number of halogens is 3. The predicted molar refractivity (Wildman–Crippen MR) is 85.9 cm³/mol. The normalized spacial score (nSPS) is 20.0. The molecule has 24 heavy (non-hydrogen) atoms. The van der Waals surface area contributed by atoms with Gasteiger partial charge < -0.3 is 5.32 Å². The van der Waals surface area contributed by atoms with Crippen LogP contribution in [0.5, 0.6) is 0 Å². The van der Waals surface area contributed by atoms with Gasteiger partial charge in [0.25, 0.3) is 0 Å². The molecule has 3 nitrogen and oxygen atoms in total. The lowest BCUT2D eigenvalue weighted by atomic mass is 10.1. The van der Waals surface area contributed by atoms with Gasteiger partial charge in [0.15, 0.2) is 0 Å². The second-order valence-electron chi connectivity index (χ2n) is 5.97. The van der Waals surface area contributed by atoms with E-state index in [2.05, 4.69) is 10.3 Å². The molecule has 1 saturated carbocycles. The summed E-state index contributed by atoms with van der Waals surface area (Å²) in [6.07, 6.45) is -2.95. The van der Waals surface area contributed by atoms with Crippen molar-refractivity contribution in [2.24, 2.45) is 5.92 Å². The number of benzene rings is 1. The number of amides is 1. The van der Waals surface area contributed by atoms with Crippen LogP contribution in [0.4, 0.5) is 13.2 Å². The Morgan fingerprint density at radius 2 is 2.04 bits per heavy atom. The number of carbonyl (C=O) groups is 1. The average molecular weight is 354 g/mol. The van der Waals surface area contributed by atoms with Crippen molar-refractivity contribution in [3.05, 3.63) is 51.5 Å². The fraction of sp³-hybridized carbons (Fsp3) is 0.412. The highest BCUT2D eigenvalue weighted by molar-refractivity contribution is 7.09. The van der Waals surface area contributed by atoms with Crippen molar-refractivity contribution >= 4 is 17.2 Å². The smallest absolute Gasteiger partial charge is 0.355 e. The lowest BCUT2D eigenvalue weighted by molar-refractivity contribution is -0.137. The van der Waals surface area contributed by atoms with E-state index in [1.807, 2.05) is 12.3 Å². The summed E-state index contributed by atoms with van der Waals surface area (Å²) in [5.74, 6) is -0.153. The largest absolute Gasteiger partial charge is 0.416 e. The summed E-state index contributed by atoms with van der Waals surface area (Å²) < 4.78 is 37.7. The van der Waals surface area contributed by atoms with Gasteiger partial charge in [0.2, 0.25) is 5.91 Å². The Hall–Kier alpha value is -1.89. The maximum Gasteiger partial charge on any atom is 0.416 e. The topological polar surface area (TPSA) is 42.0 Å². The van der Waals surface area contributed by atoms with E-state index < -0.39 is 11.7 Å². The minimum Gasteiger partial charge on any atom is -0.355 e. The Labute approximate surface area is 141 Å². The molecule has 1 aromatic heterocycles. The molecule has 7 heteroatoms. The van der Waals surface area contributed by atoms with Crippen molar-refractivity contribution in [1.82, 2.24) is 10.3 Å². The Morgan fingerprint density at radius 3 is 2.62 bits per heavy atom. The van der Waals surface area contributed by atoms with Crippen molar-refractivity contribution < 1.29 is 18.0 Å². The van der Waals surface area contributed by atoms with Gasteiger partial charge in [-0.05, 0) is 37.0 Å². The summed E-state index contributed by atoms with van der Waals surface area (Å²) in [4.78, 5) is 16.4. The predicted octanol–water partition coefficient (Wildman–Crippen LogP) is 3.93. The molecule has 1 aliphatic carbocycles. The van der Waals surface area contributed by atoms with Gasteiger partial charge in [-0.3, -0.25) is 4.79 Å². The van der Waals surface area contributed by atoms with Crippen LogP contribution in [0.2, 0.25) is 0 Å². The van der Waals surface area contributed by atoms with Crippen LogP contribution in [0.1, 0.15) is 34.2 Å². The number of carbonyl (C=O) groups excluding carboxylic acids is 1. The van der Waals surface area contributed by atoms with Crippen LogP contribution in [-0.2, 0) is 17.4 Å². The van der Waals surface area contributed by atoms with Gasteiger partial charge in [0.05, 0.1) is 16.3 Å². The summed E-state index contributed by atoms with van der Waals surface area (Å²) in [5, 5.41) is 5.86. The van der Waals surface area contributed by atoms with Crippen molar-refractivity contribution in [3.8, 4) is 0 Å². The summed E-state index contributed by atoms with van der Waals surface area (Å²) in [5.41, 5.74) is 1.10. The molecule has 2 unspecified atom stereocenters. The molecule has 2 aromatic rings. The maximum absolute atomic E-state index is 12.6. The fourth-order valence-electron chi connectivity index (χ4n) is 2.74. The van der Waals surface area contributed by atoms with E-state index in [4.69, 9.17) is 0 Å². The van der Waals surface area contributed by atoms with E-state index in [0.29, 0.717) is 19.4 Å². The molecule has 0 bridgehead atoms. The molecule has 0 radical (unpaired) electrons. The van der Waals surface area contributed by atoms with Crippen LogP contribution in [0.15, 0.2) is 29.6 Å². The highest BCUT2D eigenvalue weighted by Crippen LogP contribution is 2.47. The van der Waals surface area contributed by atoms with Crippen LogP contribution in [0.25, 0.3) is 0 Å². The molecular formula is C17H17F3N2OS. The highest BCUT2D eigenvalue weighted by atomic mass is 32.1. The Balaban J connectivity index is 1.48. The first-order valence-corrected chi connectivity index (χ1v) is 8.58. The number of nitrogens with one attached hydrogen (secondary N) is 1. The van der Waals surface area contributed by atoms with Crippen molar-refractivity contribution in [2.75, 3.05) is 6.54 Å². The quantitative estimate of drug-likeness (QED) is 0.884. The molecule has 0 aliphatic heterocycles. The van der Waals surface area contributed by atoms with Crippen LogP contribution < -0.4 is 5.32 Å². The summed E-state index contributed by atoms with van der Waals surface area (Å²) >= 11 is 1.58. The van der Waals surface area contributed by atoms with Gasteiger partial charge in [-0.25, -0.2) is 4.98 Å². The van der Waals surface area contributed by atoms with Crippen molar-refractivity contribution in [1.29, 1.82) is 0 Å². The second-order valence-corrected chi connectivity index (χ2v) is 7.03. The zero-order chi connectivity index (χ0) is 17.3. The Morgan fingerprint density at radius 1 is 1.33 bits per heavy atom. The number of aromatic nitrogens is 1. The molecule has 1 amide bonds. The fourth-order valence-corrected chi connectivity index (χ4v) is 3.39. The third-order valence-corrected chi connectivity index (χ3v) is 4.96. The van der Waals surface area contributed by atoms with Gasteiger partial charge in [-0.1, -0.05) is 12.1 Å². The lowest BCUT2D eigenvalue weighted by Crippen LogP contribution is -2.27. The van der Waals surface area contributed by atoms with Gasteiger partial charge in [-0.15, -0.1) is 11.3 Å². The third kappa shape index (κ3) is 3.95. The minimum atomic E-state index is -4.33.